The monoisotopic (exact) mass is 494 g/mol. The summed E-state index contributed by atoms with van der Waals surface area (Å²) < 4.78 is 34.3. The fourth-order valence-corrected chi connectivity index (χ4v) is 4.75. The predicted octanol–water partition coefficient (Wildman–Crippen LogP) is 6.09. The minimum absolute atomic E-state index is 0.0839. The number of halogens is 1. The average Bonchev–Trinajstić information content (AvgIpc) is 2.83. The van der Waals surface area contributed by atoms with Gasteiger partial charge in [-0.1, -0.05) is 61.0 Å². The molecule has 174 valence electrons. The largest absolute Gasteiger partial charge is 0.481 e. The van der Waals surface area contributed by atoms with Gasteiger partial charge in [-0.05, 0) is 60.3 Å². The van der Waals surface area contributed by atoms with Crippen molar-refractivity contribution in [3.8, 4) is 5.75 Å². The van der Waals surface area contributed by atoms with Crippen molar-refractivity contribution in [1.29, 1.82) is 0 Å². The highest BCUT2D eigenvalue weighted by molar-refractivity contribution is 7.92. The SMILES string of the molecule is CCC(Oc1cccc(Cl)c1)C(=O)Nc1ccc(S(=O)(=O)Nc2cccc3ccccc23)cc1. The summed E-state index contributed by atoms with van der Waals surface area (Å²) in [6.07, 6.45) is -0.283. The van der Waals surface area contributed by atoms with Crippen molar-refractivity contribution in [3.05, 3.63) is 96.0 Å². The molecule has 0 saturated heterocycles. The van der Waals surface area contributed by atoms with E-state index in [4.69, 9.17) is 16.3 Å². The number of benzene rings is 4. The Morgan fingerprint density at radius 3 is 2.38 bits per heavy atom. The van der Waals surface area contributed by atoms with Gasteiger partial charge in [0.2, 0.25) is 0 Å². The molecular weight excluding hydrogens is 472 g/mol. The summed E-state index contributed by atoms with van der Waals surface area (Å²) in [5.74, 6) is 0.155. The maximum Gasteiger partial charge on any atom is 0.265 e. The standard InChI is InChI=1S/C26H23ClN2O4S/c1-2-25(33-21-10-6-9-19(27)17-21)26(30)28-20-13-15-22(16-14-20)34(31,32)29-24-12-5-8-18-7-3-4-11-23(18)24/h3-17,25,29H,2H2,1H3,(H,28,30). The molecule has 4 aromatic rings. The second kappa shape index (κ2) is 10.2. The van der Waals surface area contributed by atoms with Crippen molar-refractivity contribution in [1.82, 2.24) is 0 Å². The molecule has 8 heteroatoms. The molecule has 0 aliphatic heterocycles. The van der Waals surface area contributed by atoms with Crippen molar-refractivity contribution < 1.29 is 17.9 Å². The second-order valence-electron chi connectivity index (χ2n) is 7.62. The topological polar surface area (TPSA) is 84.5 Å². The summed E-state index contributed by atoms with van der Waals surface area (Å²) in [5.41, 5.74) is 0.960. The van der Waals surface area contributed by atoms with Crippen molar-refractivity contribution in [2.45, 2.75) is 24.3 Å². The van der Waals surface area contributed by atoms with Crippen LogP contribution in [0.3, 0.4) is 0 Å². The van der Waals surface area contributed by atoms with Gasteiger partial charge in [-0.15, -0.1) is 0 Å². The van der Waals surface area contributed by atoms with E-state index >= 15 is 0 Å². The van der Waals surface area contributed by atoms with Crippen molar-refractivity contribution in [2.24, 2.45) is 0 Å². The zero-order valence-corrected chi connectivity index (χ0v) is 19.9. The molecule has 0 spiro atoms. The second-order valence-corrected chi connectivity index (χ2v) is 9.74. The molecule has 2 N–H and O–H groups in total. The van der Waals surface area contributed by atoms with Gasteiger partial charge in [-0.3, -0.25) is 9.52 Å². The van der Waals surface area contributed by atoms with E-state index in [2.05, 4.69) is 10.0 Å². The lowest BCUT2D eigenvalue weighted by molar-refractivity contribution is -0.122. The maximum absolute atomic E-state index is 12.9. The number of hydrogen-bond acceptors (Lipinski definition) is 4. The number of carbonyl (C=O) groups is 1. The number of nitrogens with one attached hydrogen (secondary N) is 2. The Bertz CT molecular complexity index is 1420. The molecule has 0 aliphatic carbocycles. The number of sulfonamides is 1. The third-order valence-corrected chi connectivity index (χ3v) is 6.82. The molecule has 0 aromatic heterocycles. The van der Waals surface area contributed by atoms with E-state index in [0.717, 1.165) is 10.8 Å². The Balaban J connectivity index is 1.46. The average molecular weight is 495 g/mol. The number of anilines is 2. The fourth-order valence-electron chi connectivity index (χ4n) is 3.49. The van der Waals surface area contributed by atoms with Gasteiger partial charge >= 0.3 is 0 Å². The fraction of sp³-hybridized carbons (Fsp3) is 0.115. The first kappa shape index (κ1) is 23.6. The third-order valence-electron chi connectivity index (χ3n) is 5.20. The van der Waals surface area contributed by atoms with E-state index < -0.39 is 16.1 Å². The lowest BCUT2D eigenvalue weighted by Gasteiger charge is -2.17. The van der Waals surface area contributed by atoms with Gasteiger partial charge in [0.15, 0.2) is 6.10 Å². The van der Waals surface area contributed by atoms with Crippen LogP contribution in [0.15, 0.2) is 95.9 Å². The van der Waals surface area contributed by atoms with E-state index in [1.165, 1.54) is 12.1 Å². The van der Waals surface area contributed by atoms with Crippen LogP contribution >= 0.6 is 11.6 Å². The third kappa shape index (κ3) is 5.50. The van der Waals surface area contributed by atoms with Gasteiger partial charge in [0.1, 0.15) is 5.75 Å². The smallest absolute Gasteiger partial charge is 0.265 e. The molecule has 0 saturated carbocycles. The highest BCUT2D eigenvalue weighted by Gasteiger charge is 2.20. The van der Waals surface area contributed by atoms with Crippen LogP contribution in [0.1, 0.15) is 13.3 Å². The van der Waals surface area contributed by atoms with Crippen LogP contribution < -0.4 is 14.8 Å². The first-order valence-electron chi connectivity index (χ1n) is 10.7. The van der Waals surface area contributed by atoms with E-state index in [1.54, 1.807) is 48.5 Å². The molecule has 0 aliphatic rings. The maximum atomic E-state index is 12.9. The first-order chi connectivity index (χ1) is 16.4. The Morgan fingerprint density at radius 1 is 0.941 bits per heavy atom. The van der Waals surface area contributed by atoms with E-state index in [-0.39, 0.29) is 10.8 Å². The summed E-state index contributed by atoms with van der Waals surface area (Å²) in [4.78, 5) is 12.8. The van der Waals surface area contributed by atoms with Crippen molar-refractivity contribution >= 4 is 49.7 Å². The normalized spacial score (nSPS) is 12.2. The van der Waals surface area contributed by atoms with E-state index in [0.29, 0.717) is 28.6 Å². The highest BCUT2D eigenvalue weighted by atomic mass is 35.5. The van der Waals surface area contributed by atoms with Crippen LogP contribution in [0.25, 0.3) is 10.8 Å². The minimum Gasteiger partial charge on any atom is -0.481 e. The van der Waals surface area contributed by atoms with Crippen LogP contribution in [0, 0.1) is 0 Å². The predicted molar refractivity (Wildman–Crippen MR) is 136 cm³/mol. The molecule has 4 aromatic carbocycles. The number of carbonyl (C=O) groups excluding carboxylic acids is 1. The van der Waals surface area contributed by atoms with E-state index in [1.807, 2.05) is 37.3 Å². The lowest BCUT2D eigenvalue weighted by Crippen LogP contribution is -2.32. The number of amides is 1. The Kier molecular flexibility index (Phi) is 7.05. The van der Waals surface area contributed by atoms with Gasteiger partial charge in [0, 0.05) is 16.1 Å². The Hall–Kier alpha value is -3.55. The Morgan fingerprint density at radius 2 is 1.65 bits per heavy atom. The molecule has 1 atom stereocenters. The molecule has 1 amide bonds. The lowest BCUT2D eigenvalue weighted by atomic mass is 10.1. The van der Waals surface area contributed by atoms with E-state index in [9.17, 15) is 13.2 Å². The summed E-state index contributed by atoms with van der Waals surface area (Å²) in [6, 6.07) is 25.8. The zero-order chi connectivity index (χ0) is 24.1. The molecule has 0 fully saturated rings. The zero-order valence-electron chi connectivity index (χ0n) is 18.4. The molecule has 0 bridgehead atoms. The van der Waals surface area contributed by atoms with Crippen LogP contribution in [-0.2, 0) is 14.8 Å². The summed E-state index contributed by atoms with van der Waals surface area (Å²) >= 11 is 5.98. The quantitative estimate of drug-likeness (QED) is 0.310. The molecule has 1 unspecified atom stereocenters. The van der Waals surface area contributed by atoms with Crippen LogP contribution in [-0.4, -0.2) is 20.4 Å². The van der Waals surface area contributed by atoms with Gasteiger partial charge in [0.05, 0.1) is 10.6 Å². The molecule has 0 heterocycles. The number of fused-ring (bicyclic) bond motifs is 1. The number of rotatable bonds is 8. The molecule has 6 nitrogen and oxygen atoms in total. The van der Waals surface area contributed by atoms with Gasteiger partial charge in [-0.25, -0.2) is 8.42 Å². The van der Waals surface area contributed by atoms with Crippen LogP contribution in [0.5, 0.6) is 5.75 Å². The summed E-state index contributed by atoms with van der Waals surface area (Å²) in [6.45, 7) is 1.84. The minimum atomic E-state index is -3.82. The molecule has 4 rings (SSSR count). The summed E-state index contributed by atoms with van der Waals surface area (Å²) in [5, 5.41) is 5.03. The highest BCUT2D eigenvalue weighted by Crippen LogP contribution is 2.26. The molecule has 0 radical (unpaired) electrons. The number of ether oxygens (including phenoxy) is 1. The molecule has 34 heavy (non-hydrogen) atoms. The van der Waals surface area contributed by atoms with Gasteiger partial charge in [-0.2, -0.15) is 0 Å². The van der Waals surface area contributed by atoms with Crippen LogP contribution in [0.2, 0.25) is 5.02 Å². The Labute approximate surface area is 203 Å². The van der Waals surface area contributed by atoms with Crippen LogP contribution in [0.4, 0.5) is 11.4 Å². The number of hydrogen-bond donors (Lipinski definition) is 2. The van der Waals surface area contributed by atoms with Gasteiger partial charge in [0.25, 0.3) is 15.9 Å². The van der Waals surface area contributed by atoms with Crippen molar-refractivity contribution in [3.63, 3.8) is 0 Å². The first-order valence-corrected chi connectivity index (χ1v) is 12.6. The van der Waals surface area contributed by atoms with Crippen molar-refractivity contribution in [2.75, 3.05) is 10.0 Å². The summed E-state index contributed by atoms with van der Waals surface area (Å²) in [7, 11) is -3.82. The van der Waals surface area contributed by atoms with Gasteiger partial charge < -0.3 is 10.1 Å². The molecular formula is C26H23ClN2O4S.